The molecule has 1 aromatic heterocycles. The van der Waals surface area contributed by atoms with Crippen molar-refractivity contribution in [1.82, 2.24) is 0 Å². The first-order valence-electron chi connectivity index (χ1n) is 4.96. The Morgan fingerprint density at radius 2 is 2.06 bits per heavy atom. The molecule has 0 saturated heterocycles. The van der Waals surface area contributed by atoms with Crippen molar-refractivity contribution in [1.29, 1.82) is 0 Å². The molecule has 0 radical (unpaired) electrons. The summed E-state index contributed by atoms with van der Waals surface area (Å²) in [5.41, 5.74) is 8.79. The highest BCUT2D eigenvalue weighted by atomic mass is 127. The smallest absolute Gasteiger partial charge is 0.0843 e. The minimum atomic E-state index is -0.0607. The molecule has 0 aliphatic heterocycles. The van der Waals surface area contributed by atoms with Crippen molar-refractivity contribution in [3.05, 3.63) is 52.1 Å². The van der Waals surface area contributed by atoms with Gasteiger partial charge in [0.05, 0.1) is 9.83 Å². The summed E-state index contributed by atoms with van der Waals surface area (Å²) in [5, 5.41) is 0. The highest BCUT2D eigenvalue weighted by Crippen LogP contribution is 2.37. The van der Waals surface area contributed by atoms with Crippen LogP contribution in [0, 0.1) is 10.5 Å². The first-order chi connectivity index (χ1) is 8.00. The van der Waals surface area contributed by atoms with Crippen LogP contribution in [0.3, 0.4) is 0 Å². The van der Waals surface area contributed by atoms with Crippen LogP contribution in [-0.2, 0) is 0 Å². The maximum atomic E-state index is 6.33. The second-order valence-corrected chi connectivity index (χ2v) is 8.06. The fourth-order valence-electron chi connectivity index (χ4n) is 1.58. The van der Waals surface area contributed by atoms with Crippen LogP contribution in [0.4, 0.5) is 0 Å². The lowest BCUT2D eigenvalue weighted by Crippen LogP contribution is -2.12. The van der Waals surface area contributed by atoms with Gasteiger partial charge in [0.25, 0.3) is 0 Å². The van der Waals surface area contributed by atoms with E-state index in [1.54, 1.807) is 11.3 Å². The Hall–Kier alpha value is 0.570. The minimum Gasteiger partial charge on any atom is -0.320 e. The van der Waals surface area contributed by atoms with E-state index in [-0.39, 0.29) is 6.04 Å². The average Bonchev–Trinajstić information content (AvgIpc) is 2.62. The molecule has 0 aliphatic rings. The van der Waals surface area contributed by atoms with Gasteiger partial charge in [-0.25, -0.2) is 0 Å². The lowest BCUT2D eigenvalue weighted by atomic mass is 10.0. The van der Waals surface area contributed by atoms with Gasteiger partial charge in [0.1, 0.15) is 0 Å². The highest BCUT2D eigenvalue weighted by Gasteiger charge is 2.16. The fourth-order valence-corrected chi connectivity index (χ4v) is 4.39. The first kappa shape index (κ1) is 14.0. The molecule has 0 aliphatic carbocycles. The van der Waals surface area contributed by atoms with Gasteiger partial charge in [-0.2, -0.15) is 0 Å². The molecule has 1 heterocycles. The topological polar surface area (TPSA) is 26.0 Å². The molecule has 1 atom stereocenters. The zero-order valence-corrected chi connectivity index (χ0v) is 15.2. The highest BCUT2D eigenvalue weighted by molar-refractivity contribution is 14.1. The molecule has 2 rings (SSSR count). The van der Waals surface area contributed by atoms with E-state index in [1.165, 1.54) is 14.7 Å². The molecule has 0 saturated carbocycles. The summed E-state index contributed by atoms with van der Waals surface area (Å²) in [5.74, 6) is 0. The van der Waals surface area contributed by atoms with Crippen molar-refractivity contribution in [3.63, 3.8) is 0 Å². The van der Waals surface area contributed by atoms with Gasteiger partial charge in [-0.15, -0.1) is 11.3 Å². The van der Waals surface area contributed by atoms with Crippen LogP contribution in [0.25, 0.3) is 0 Å². The fraction of sp³-hybridized carbons (Fsp3) is 0.167. The monoisotopic (exact) mass is 485 g/mol. The second kappa shape index (κ2) is 5.69. The predicted molar refractivity (Wildman–Crippen MR) is 89.6 cm³/mol. The lowest BCUT2D eigenvalue weighted by molar-refractivity contribution is 0.883. The van der Waals surface area contributed by atoms with E-state index in [2.05, 4.69) is 85.6 Å². The molecule has 2 aromatic rings. The van der Waals surface area contributed by atoms with Crippen LogP contribution in [0.5, 0.6) is 0 Å². The van der Waals surface area contributed by atoms with Gasteiger partial charge in [0.2, 0.25) is 0 Å². The summed E-state index contributed by atoms with van der Waals surface area (Å²) >= 11 is 11.0. The number of thiophene rings is 1. The molecular formula is C12H10Br2INS. The Kier molecular flexibility index (Phi) is 4.68. The van der Waals surface area contributed by atoms with Crippen molar-refractivity contribution in [2.45, 2.75) is 13.0 Å². The van der Waals surface area contributed by atoms with Gasteiger partial charge in [-0.3, -0.25) is 0 Å². The zero-order valence-electron chi connectivity index (χ0n) is 9.01. The summed E-state index contributed by atoms with van der Waals surface area (Å²) in [6.07, 6.45) is 0. The van der Waals surface area contributed by atoms with E-state index in [9.17, 15) is 0 Å². The SMILES string of the molecule is Cc1cccc(C(N)c2cc(Br)c(Br)s2)c1I. The number of nitrogens with two attached hydrogens (primary N) is 1. The van der Waals surface area contributed by atoms with Crippen LogP contribution in [0.2, 0.25) is 0 Å². The third-order valence-corrected chi connectivity index (χ3v) is 7.34. The largest absolute Gasteiger partial charge is 0.320 e. The third kappa shape index (κ3) is 2.94. The Balaban J connectivity index is 2.43. The molecule has 0 spiro atoms. The van der Waals surface area contributed by atoms with Gasteiger partial charge in [0, 0.05) is 12.9 Å². The van der Waals surface area contributed by atoms with Crippen molar-refractivity contribution < 1.29 is 0 Å². The first-order valence-corrected chi connectivity index (χ1v) is 8.44. The summed E-state index contributed by atoms with van der Waals surface area (Å²) in [7, 11) is 0. The van der Waals surface area contributed by atoms with Gasteiger partial charge in [0.15, 0.2) is 0 Å². The van der Waals surface area contributed by atoms with Gasteiger partial charge in [-0.05, 0) is 78.6 Å². The number of benzene rings is 1. The third-order valence-electron chi connectivity index (χ3n) is 2.53. The summed E-state index contributed by atoms with van der Waals surface area (Å²) in [4.78, 5) is 1.16. The molecule has 90 valence electrons. The molecule has 1 unspecified atom stereocenters. The van der Waals surface area contributed by atoms with E-state index in [4.69, 9.17) is 5.73 Å². The minimum absolute atomic E-state index is 0.0607. The van der Waals surface area contributed by atoms with Crippen LogP contribution >= 0.6 is 65.8 Å². The van der Waals surface area contributed by atoms with Crippen LogP contribution < -0.4 is 5.73 Å². The number of hydrogen-bond donors (Lipinski definition) is 1. The van der Waals surface area contributed by atoms with Gasteiger partial charge >= 0.3 is 0 Å². The standard InChI is InChI=1S/C12H10Br2INS/c1-6-3-2-4-7(10(6)15)11(16)9-5-8(13)12(14)17-9/h2-5,11H,16H2,1H3. The van der Waals surface area contributed by atoms with Crippen molar-refractivity contribution in [2.75, 3.05) is 0 Å². The molecular weight excluding hydrogens is 477 g/mol. The maximum absolute atomic E-state index is 6.33. The van der Waals surface area contributed by atoms with Gasteiger partial charge < -0.3 is 5.73 Å². The second-order valence-electron chi connectivity index (χ2n) is 3.73. The molecule has 17 heavy (non-hydrogen) atoms. The molecule has 1 nitrogen and oxygen atoms in total. The van der Waals surface area contributed by atoms with Crippen LogP contribution in [-0.4, -0.2) is 0 Å². The molecule has 2 N–H and O–H groups in total. The van der Waals surface area contributed by atoms with E-state index in [0.717, 1.165) is 13.1 Å². The predicted octanol–water partition coefficient (Wildman–Crippen LogP) is 5.23. The van der Waals surface area contributed by atoms with Crippen LogP contribution in [0.1, 0.15) is 22.0 Å². The lowest BCUT2D eigenvalue weighted by Gasteiger charge is -2.13. The molecule has 0 amide bonds. The summed E-state index contributed by atoms with van der Waals surface area (Å²) < 4.78 is 3.40. The molecule has 1 aromatic carbocycles. The average molecular weight is 487 g/mol. The van der Waals surface area contributed by atoms with Crippen molar-refractivity contribution >= 4 is 65.8 Å². The Morgan fingerprint density at radius 1 is 1.35 bits per heavy atom. The summed E-state index contributed by atoms with van der Waals surface area (Å²) in [6, 6.07) is 8.29. The van der Waals surface area contributed by atoms with Crippen molar-refractivity contribution in [3.8, 4) is 0 Å². The number of hydrogen-bond acceptors (Lipinski definition) is 2. The van der Waals surface area contributed by atoms with E-state index in [0.29, 0.717) is 0 Å². The van der Waals surface area contributed by atoms with E-state index >= 15 is 0 Å². The summed E-state index contributed by atoms with van der Waals surface area (Å²) in [6.45, 7) is 2.11. The number of halogens is 3. The quantitative estimate of drug-likeness (QED) is 0.578. The van der Waals surface area contributed by atoms with Crippen molar-refractivity contribution in [2.24, 2.45) is 5.73 Å². The molecule has 5 heteroatoms. The Bertz CT molecular complexity index is 534. The van der Waals surface area contributed by atoms with E-state index < -0.39 is 0 Å². The number of aryl methyl sites for hydroxylation is 1. The van der Waals surface area contributed by atoms with Crippen LogP contribution in [0.15, 0.2) is 32.5 Å². The number of rotatable bonds is 2. The van der Waals surface area contributed by atoms with E-state index in [1.807, 2.05) is 0 Å². The van der Waals surface area contributed by atoms with Gasteiger partial charge in [-0.1, -0.05) is 18.2 Å². The normalized spacial score (nSPS) is 12.8. The Labute approximate surface area is 135 Å². The molecule has 0 fully saturated rings. The molecule has 0 bridgehead atoms. The maximum Gasteiger partial charge on any atom is 0.0843 e. The zero-order chi connectivity index (χ0) is 12.6. The Morgan fingerprint density at radius 3 is 2.65 bits per heavy atom.